The van der Waals surface area contributed by atoms with Gasteiger partial charge in [0.25, 0.3) is 0 Å². The van der Waals surface area contributed by atoms with E-state index >= 15 is 0 Å². The Morgan fingerprint density at radius 1 is 1.21 bits per heavy atom. The normalized spacial score (nSPS) is 16.7. The lowest BCUT2D eigenvalue weighted by molar-refractivity contribution is 0.327. The Morgan fingerprint density at radius 2 is 2.00 bits per heavy atom. The molecule has 1 saturated carbocycles. The van der Waals surface area contributed by atoms with Crippen molar-refractivity contribution in [2.24, 2.45) is 0 Å². The molecule has 1 aliphatic rings. The van der Waals surface area contributed by atoms with Crippen molar-refractivity contribution in [1.82, 2.24) is 20.2 Å². The van der Waals surface area contributed by atoms with E-state index < -0.39 is 0 Å². The molecule has 1 aromatic heterocycles. The van der Waals surface area contributed by atoms with Crippen LogP contribution in [0.5, 0.6) is 0 Å². The molecule has 1 aromatic carbocycles. The molecule has 1 fully saturated rings. The third kappa shape index (κ3) is 2.20. The highest BCUT2D eigenvalue weighted by Gasteiger charge is 2.21. The highest BCUT2D eigenvalue weighted by atomic mass is 15.5. The van der Waals surface area contributed by atoms with Crippen LogP contribution >= 0.6 is 0 Å². The monoisotopic (exact) mass is 257 g/mol. The van der Waals surface area contributed by atoms with Gasteiger partial charge in [-0.1, -0.05) is 31.4 Å². The lowest BCUT2D eigenvalue weighted by Gasteiger charge is -2.22. The number of hydrogen-bond acceptors (Lipinski definition) is 4. The molecule has 1 heterocycles. The minimum absolute atomic E-state index is 0.430. The third-order valence-electron chi connectivity index (χ3n) is 4.03. The van der Waals surface area contributed by atoms with E-state index in [1.54, 1.807) is 0 Å². The van der Waals surface area contributed by atoms with Crippen molar-refractivity contribution in [3.05, 3.63) is 23.8 Å². The van der Waals surface area contributed by atoms with Crippen molar-refractivity contribution < 1.29 is 0 Å². The molecule has 0 saturated heterocycles. The number of nitrogen functional groups attached to an aromatic ring is 1. The zero-order valence-corrected chi connectivity index (χ0v) is 11.2. The summed E-state index contributed by atoms with van der Waals surface area (Å²) in [5.74, 6) is 0.844. The second kappa shape index (κ2) is 4.99. The van der Waals surface area contributed by atoms with Crippen molar-refractivity contribution in [2.45, 2.75) is 45.1 Å². The standard InChI is InChI=1S/C14H19N5/c1-10-12(8-5-9-13(10)15)14-16-17-18-19(14)11-6-3-2-4-7-11/h5,8-9,11H,2-4,6-7,15H2,1H3. The maximum atomic E-state index is 5.98. The van der Waals surface area contributed by atoms with E-state index in [1.165, 1.54) is 32.1 Å². The second-order valence-corrected chi connectivity index (χ2v) is 5.26. The Kier molecular flexibility index (Phi) is 3.19. The van der Waals surface area contributed by atoms with Gasteiger partial charge >= 0.3 is 0 Å². The number of tetrazole rings is 1. The molecular formula is C14H19N5. The second-order valence-electron chi connectivity index (χ2n) is 5.26. The number of nitrogens with zero attached hydrogens (tertiary/aromatic N) is 4. The largest absolute Gasteiger partial charge is 0.398 e. The van der Waals surface area contributed by atoms with Crippen molar-refractivity contribution in [1.29, 1.82) is 0 Å². The number of rotatable bonds is 2. The van der Waals surface area contributed by atoms with E-state index in [1.807, 2.05) is 29.8 Å². The molecule has 100 valence electrons. The molecule has 0 unspecified atom stereocenters. The van der Waals surface area contributed by atoms with Gasteiger partial charge in [0.05, 0.1) is 6.04 Å². The van der Waals surface area contributed by atoms with E-state index in [2.05, 4.69) is 15.5 Å². The van der Waals surface area contributed by atoms with Crippen LogP contribution in [0.15, 0.2) is 18.2 Å². The van der Waals surface area contributed by atoms with Gasteiger partial charge in [-0.15, -0.1) is 5.10 Å². The quantitative estimate of drug-likeness (QED) is 0.840. The third-order valence-corrected chi connectivity index (χ3v) is 4.03. The lowest BCUT2D eigenvalue weighted by Crippen LogP contribution is -2.15. The molecule has 0 radical (unpaired) electrons. The lowest BCUT2D eigenvalue weighted by atomic mass is 9.95. The molecule has 2 N–H and O–H groups in total. The van der Waals surface area contributed by atoms with Crippen LogP contribution in [-0.4, -0.2) is 20.2 Å². The molecular weight excluding hydrogens is 238 g/mol. The molecule has 1 aliphatic carbocycles. The van der Waals surface area contributed by atoms with Gasteiger partial charge in [0.15, 0.2) is 5.82 Å². The molecule has 0 bridgehead atoms. The van der Waals surface area contributed by atoms with E-state index in [4.69, 9.17) is 5.73 Å². The molecule has 0 spiro atoms. The van der Waals surface area contributed by atoms with Crippen LogP contribution in [0.2, 0.25) is 0 Å². The van der Waals surface area contributed by atoms with Crippen molar-refractivity contribution in [2.75, 3.05) is 5.73 Å². The topological polar surface area (TPSA) is 69.6 Å². The Balaban J connectivity index is 2.01. The zero-order chi connectivity index (χ0) is 13.2. The fourth-order valence-electron chi connectivity index (χ4n) is 2.84. The first kappa shape index (κ1) is 12.1. The van der Waals surface area contributed by atoms with Crippen molar-refractivity contribution in [3.63, 3.8) is 0 Å². The van der Waals surface area contributed by atoms with Crippen LogP contribution in [0, 0.1) is 6.92 Å². The van der Waals surface area contributed by atoms with E-state index in [-0.39, 0.29) is 0 Å². The van der Waals surface area contributed by atoms with E-state index in [0.717, 1.165) is 22.6 Å². The van der Waals surface area contributed by atoms with Crippen LogP contribution in [0.3, 0.4) is 0 Å². The maximum Gasteiger partial charge on any atom is 0.182 e. The molecule has 0 aliphatic heterocycles. The zero-order valence-electron chi connectivity index (χ0n) is 11.2. The molecule has 2 aromatic rings. The Hall–Kier alpha value is -1.91. The molecule has 5 nitrogen and oxygen atoms in total. The fraction of sp³-hybridized carbons (Fsp3) is 0.500. The minimum Gasteiger partial charge on any atom is -0.398 e. The van der Waals surface area contributed by atoms with Gasteiger partial charge in [-0.05, 0) is 41.8 Å². The van der Waals surface area contributed by atoms with Crippen LogP contribution in [0.4, 0.5) is 5.69 Å². The average molecular weight is 257 g/mol. The van der Waals surface area contributed by atoms with Crippen LogP contribution in [0.1, 0.15) is 43.7 Å². The Labute approximate surface area is 112 Å². The molecule has 0 atom stereocenters. The minimum atomic E-state index is 0.430. The molecule has 5 heteroatoms. The SMILES string of the molecule is Cc1c(N)cccc1-c1nnnn1C1CCCCC1. The van der Waals surface area contributed by atoms with Gasteiger partial charge < -0.3 is 5.73 Å². The number of benzene rings is 1. The highest BCUT2D eigenvalue weighted by molar-refractivity contribution is 5.67. The van der Waals surface area contributed by atoms with Crippen LogP contribution in [0.25, 0.3) is 11.4 Å². The first-order valence-electron chi connectivity index (χ1n) is 6.90. The van der Waals surface area contributed by atoms with Crippen LogP contribution < -0.4 is 5.73 Å². The summed E-state index contributed by atoms with van der Waals surface area (Å²) < 4.78 is 1.99. The Morgan fingerprint density at radius 3 is 2.79 bits per heavy atom. The maximum absolute atomic E-state index is 5.98. The molecule has 3 rings (SSSR count). The van der Waals surface area contributed by atoms with Crippen LogP contribution in [-0.2, 0) is 0 Å². The van der Waals surface area contributed by atoms with Gasteiger partial charge in [0, 0.05) is 11.3 Å². The first-order valence-corrected chi connectivity index (χ1v) is 6.90. The predicted octanol–water partition coefficient (Wildman–Crippen LogP) is 2.74. The van der Waals surface area contributed by atoms with Gasteiger partial charge in [0.1, 0.15) is 0 Å². The average Bonchev–Trinajstić information content (AvgIpc) is 2.92. The summed E-state index contributed by atoms with van der Waals surface area (Å²) in [6, 6.07) is 6.33. The summed E-state index contributed by atoms with van der Waals surface area (Å²) in [4.78, 5) is 0. The van der Waals surface area contributed by atoms with Crippen molar-refractivity contribution in [3.8, 4) is 11.4 Å². The molecule has 19 heavy (non-hydrogen) atoms. The van der Waals surface area contributed by atoms with Gasteiger partial charge in [-0.25, -0.2) is 4.68 Å². The van der Waals surface area contributed by atoms with Gasteiger partial charge in [0.2, 0.25) is 0 Å². The number of nitrogens with two attached hydrogens (primary N) is 1. The summed E-state index contributed by atoms with van der Waals surface area (Å²) in [5.41, 5.74) is 8.85. The summed E-state index contributed by atoms with van der Waals surface area (Å²) in [6.45, 7) is 2.02. The highest BCUT2D eigenvalue weighted by Crippen LogP contribution is 2.32. The summed E-state index contributed by atoms with van der Waals surface area (Å²) >= 11 is 0. The number of aromatic nitrogens is 4. The summed E-state index contributed by atoms with van der Waals surface area (Å²) in [7, 11) is 0. The Bertz CT molecular complexity index is 569. The number of anilines is 1. The van der Waals surface area contributed by atoms with Crippen molar-refractivity contribution >= 4 is 5.69 Å². The van der Waals surface area contributed by atoms with E-state index in [0.29, 0.717) is 6.04 Å². The summed E-state index contributed by atoms with van der Waals surface area (Å²) in [5, 5.41) is 12.3. The fourth-order valence-corrected chi connectivity index (χ4v) is 2.84. The predicted molar refractivity (Wildman–Crippen MR) is 74.5 cm³/mol. The number of hydrogen-bond donors (Lipinski definition) is 1. The smallest absolute Gasteiger partial charge is 0.182 e. The first-order chi connectivity index (χ1) is 9.27. The molecule has 0 amide bonds. The van der Waals surface area contributed by atoms with Gasteiger partial charge in [-0.3, -0.25) is 0 Å². The van der Waals surface area contributed by atoms with Gasteiger partial charge in [-0.2, -0.15) is 0 Å². The van der Waals surface area contributed by atoms with E-state index in [9.17, 15) is 0 Å². The summed E-state index contributed by atoms with van der Waals surface area (Å²) in [6.07, 6.45) is 6.18.